The van der Waals surface area contributed by atoms with Crippen LogP contribution in [0, 0.1) is 0 Å². The SMILES string of the molecule is C1CCOC1.CC1(O)CCCC1.CC1(OC(=O)CCl)CCCC1.O=C(Cl)CCl. The van der Waals surface area contributed by atoms with Gasteiger partial charge in [-0.1, -0.05) is 12.8 Å². The molecule has 2 aliphatic carbocycles. The maximum atomic E-state index is 10.8. The number of ether oxygens (including phenoxy) is 2. The smallest absolute Gasteiger partial charge is 0.321 e. The summed E-state index contributed by atoms with van der Waals surface area (Å²) in [7, 11) is 0. The number of carbonyl (C=O) groups is 2. The quantitative estimate of drug-likeness (QED) is 0.355. The molecule has 0 aromatic carbocycles. The molecule has 3 aliphatic rings. The van der Waals surface area contributed by atoms with Crippen molar-refractivity contribution in [2.24, 2.45) is 0 Å². The summed E-state index contributed by atoms with van der Waals surface area (Å²) in [4.78, 5) is 20.3. The zero-order valence-electron chi connectivity index (χ0n) is 17.1. The number of carbonyl (C=O) groups excluding carboxylic acids is 2. The fraction of sp³-hybridized carbons (Fsp3) is 0.900. The molecule has 3 rings (SSSR count). The minimum atomic E-state index is -0.508. The molecule has 0 aromatic rings. The minimum absolute atomic E-state index is 0.0322. The Labute approximate surface area is 184 Å². The van der Waals surface area contributed by atoms with E-state index in [1.165, 1.54) is 25.7 Å². The van der Waals surface area contributed by atoms with Crippen LogP contribution >= 0.6 is 34.8 Å². The molecule has 0 bridgehead atoms. The standard InChI is InChI=1S/C8H13ClO2.C6H12O.C4H8O.C2H2Cl2O/c1-8(4-2-3-5-8)11-7(10)6-9;1-6(7)4-2-3-5-6;1-2-4-5-3-1;3-1-2(4)5/h2-6H2,1H3;7H,2-5H2,1H3;1-4H2;1H2. The van der Waals surface area contributed by atoms with Crippen LogP contribution in [0.15, 0.2) is 0 Å². The molecule has 0 unspecified atom stereocenters. The van der Waals surface area contributed by atoms with E-state index in [0.717, 1.165) is 51.7 Å². The van der Waals surface area contributed by atoms with Crippen molar-refractivity contribution in [3.8, 4) is 0 Å². The van der Waals surface area contributed by atoms with Gasteiger partial charge in [-0.25, -0.2) is 0 Å². The van der Waals surface area contributed by atoms with Gasteiger partial charge in [0.05, 0.1) is 11.5 Å². The monoisotopic (exact) mass is 460 g/mol. The predicted molar refractivity (Wildman–Crippen MR) is 114 cm³/mol. The summed E-state index contributed by atoms with van der Waals surface area (Å²) in [6.45, 7) is 5.89. The molecule has 1 aliphatic heterocycles. The molecule has 0 aromatic heterocycles. The van der Waals surface area contributed by atoms with Crippen molar-refractivity contribution in [2.75, 3.05) is 25.0 Å². The van der Waals surface area contributed by atoms with Crippen LogP contribution in [0.3, 0.4) is 0 Å². The first-order valence-electron chi connectivity index (χ1n) is 9.96. The van der Waals surface area contributed by atoms with E-state index in [1.54, 1.807) is 0 Å². The van der Waals surface area contributed by atoms with E-state index in [1.807, 2.05) is 13.8 Å². The summed E-state index contributed by atoms with van der Waals surface area (Å²) in [5.74, 6) is -0.423. The Bertz CT molecular complexity index is 418. The largest absolute Gasteiger partial charge is 0.458 e. The lowest BCUT2D eigenvalue weighted by Gasteiger charge is -2.23. The van der Waals surface area contributed by atoms with Crippen LogP contribution in [0.4, 0.5) is 0 Å². The topological polar surface area (TPSA) is 72.8 Å². The lowest BCUT2D eigenvalue weighted by atomic mass is 10.1. The van der Waals surface area contributed by atoms with E-state index in [9.17, 15) is 14.7 Å². The molecule has 0 amide bonds. The van der Waals surface area contributed by atoms with E-state index in [0.29, 0.717) is 0 Å². The molecule has 1 N–H and O–H groups in total. The van der Waals surface area contributed by atoms with Crippen molar-refractivity contribution in [1.29, 1.82) is 0 Å². The highest BCUT2D eigenvalue weighted by molar-refractivity contribution is 6.67. The van der Waals surface area contributed by atoms with Crippen molar-refractivity contribution < 1.29 is 24.2 Å². The maximum Gasteiger partial charge on any atom is 0.321 e. The van der Waals surface area contributed by atoms with Gasteiger partial charge in [0, 0.05) is 13.2 Å². The maximum absolute atomic E-state index is 10.8. The third-order valence-corrected chi connectivity index (χ3v) is 5.48. The molecule has 166 valence electrons. The van der Waals surface area contributed by atoms with Gasteiger partial charge in [-0.05, 0) is 76.8 Å². The third-order valence-electron chi connectivity index (χ3n) is 4.74. The van der Waals surface area contributed by atoms with E-state index >= 15 is 0 Å². The van der Waals surface area contributed by atoms with Gasteiger partial charge in [0.25, 0.3) is 0 Å². The van der Waals surface area contributed by atoms with Gasteiger partial charge >= 0.3 is 5.97 Å². The Balaban J connectivity index is 0.000000370. The highest BCUT2D eigenvalue weighted by atomic mass is 35.5. The molecule has 2 saturated carbocycles. The number of hydrogen-bond acceptors (Lipinski definition) is 5. The molecular formula is C20H35Cl3O5. The molecule has 8 heteroatoms. The normalized spacial score (nSPS) is 21.2. The number of esters is 1. The van der Waals surface area contributed by atoms with Gasteiger partial charge in [0.15, 0.2) is 0 Å². The second kappa shape index (κ2) is 15.7. The fourth-order valence-electron chi connectivity index (χ4n) is 3.17. The van der Waals surface area contributed by atoms with Crippen LogP contribution in [-0.2, 0) is 19.1 Å². The number of rotatable bonds is 3. The van der Waals surface area contributed by atoms with Crippen LogP contribution in [-0.4, -0.2) is 52.5 Å². The zero-order chi connectivity index (χ0) is 21.5. The molecule has 5 nitrogen and oxygen atoms in total. The van der Waals surface area contributed by atoms with Crippen LogP contribution < -0.4 is 0 Å². The Kier molecular flexibility index (Phi) is 15.7. The van der Waals surface area contributed by atoms with Crippen LogP contribution in [0.5, 0.6) is 0 Å². The summed E-state index contributed by atoms with van der Waals surface area (Å²) in [6, 6.07) is 0. The van der Waals surface area contributed by atoms with E-state index in [4.69, 9.17) is 44.3 Å². The van der Waals surface area contributed by atoms with Gasteiger partial charge in [-0.15, -0.1) is 23.2 Å². The molecule has 0 spiro atoms. The summed E-state index contributed by atoms with van der Waals surface area (Å²) in [5.41, 5.74) is -0.522. The predicted octanol–water partition coefficient (Wildman–Crippen LogP) is 5.20. The van der Waals surface area contributed by atoms with E-state index in [-0.39, 0.29) is 28.9 Å². The van der Waals surface area contributed by atoms with Crippen LogP contribution in [0.2, 0.25) is 0 Å². The highest BCUT2D eigenvalue weighted by Crippen LogP contribution is 2.32. The highest BCUT2D eigenvalue weighted by Gasteiger charge is 2.32. The Morgan fingerprint density at radius 3 is 1.57 bits per heavy atom. The Morgan fingerprint density at radius 1 is 0.893 bits per heavy atom. The van der Waals surface area contributed by atoms with Crippen molar-refractivity contribution in [3.63, 3.8) is 0 Å². The number of halogens is 3. The Morgan fingerprint density at radius 2 is 1.32 bits per heavy atom. The molecule has 1 heterocycles. The van der Waals surface area contributed by atoms with E-state index < -0.39 is 5.24 Å². The second-order valence-corrected chi connectivity index (χ2v) is 8.73. The van der Waals surface area contributed by atoms with Gasteiger partial charge in [-0.2, -0.15) is 0 Å². The van der Waals surface area contributed by atoms with E-state index in [2.05, 4.69) is 0 Å². The van der Waals surface area contributed by atoms with Crippen molar-refractivity contribution in [2.45, 2.75) is 89.3 Å². The first-order valence-corrected chi connectivity index (χ1v) is 11.4. The lowest BCUT2D eigenvalue weighted by Crippen LogP contribution is -2.28. The number of hydrogen-bond donors (Lipinski definition) is 1. The van der Waals surface area contributed by atoms with Crippen molar-refractivity contribution >= 4 is 46.0 Å². The lowest BCUT2D eigenvalue weighted by molar-refractivity contribution is -0.154. The summed E-state index contributed by atoms with van der Waals surface area (Å²) in [5, 5.41) is 8.69. The number of alkyl halides is 2. The zero-order valence-corrected chi connectivity index (χ0v) is 19.4. The molecule has 0 radical (unpaired) electrons. The third kappa shape index (κ3) is 15.8. The molecule has 0 atom stereocenters. The van der Waals surface area contributed by atoms with Gasteiger partial charge < -0.3 is 14.6 Å². The first kappa shape index (κ1) is 27.9. The van der Waals surface area contributed by atoms with Crippen molar-refractivity contribution in [1.82, 2.24) is 0 Å². The molecular weight excluding hydrogens is 427 g/mol. The molecule has 1 saturated heterocycles. The van der Waals surface area contributed by atoms with Crippen LogP contribution in [0.1, 0.15) is 78.1 Å². The van der Waals surface area contributed by atoms with Gasteiger partial charge in [-0.3, -0.25) is 9.59 Å². The fourth-order valence-corrected chi connectivity index (χ4v) is 3.23. The summed E-state index contributed by atoms with van der Waals surface area (Å²) >= 11 is 14.9. The first-order chi connectivity index (χ1) is 13.1. The minimum Gasteiger partial charge on any atom is -0.458 e. The molecule has 28 heavy (non-hydrogen) atoms. The van der Waals surface area contributed by atoms with Gasteiger partial charge in [0.2, 0.25) is 5.24 Å². The summed E-state index contributed by atoms with van der Waals surface area (Å²) < 4.78 is 10.1. The molecule has 3 fully saturated rings. The number of aliphatic hydroxyl groups is 1. The van der Waals surface area contributed by atoms with Crippen LogP contribution in [0.25, 0.3) is 0 Å². The summed E-state index contributed by atoms with van der Waals surface area (Å²) in [6.07, 6.45) is 11.3. The van der Waals surface area contributed by atoms with Gasteiger partial charge in [0.1, 0.15) is 11.5 Å². The Hall–Kier alpha value is -0.0700. The average molecular weight is 462 g/mol. The van der Waals surface area contributed by atoms with Crippen molar-refractivity contribution in [3.05, 3.63) is 0 Å². The average Bonchev–Trinajstić information content (AvgIpc) is 3.40. The second-order valence-electron chi connectivity index (χ2n) is 7.78.